The largest absolute Gasteiger partial charge is 0.384 e. The maximum Gasteiger partial charge on any atom is 0.243 e. The van der Waals surface area contributed by atoms with Crippen molar-refractivity contribution < 1.29 is 19.2 Å². The number of guanidine groups is 1. The van der Waals surface area contributed by atoms with E-state index >= 15 is 0 Å². The number of benzene rings is 2. The van der Waals surface area contributed by atoms with Crippen LogP contribution in [0.15, 0.2) is 59.6 Å². The Balaban J connectivity index is 2.36. The highest BCUT2D eigenvalue weighted by Crippen LogP contribution is 2.18. The monoisotopic (exact) mass is 579 g/mol. The van der Waals surface area contributed by atoms with Gasteiger partial charge in [-0.2, -0.15) is 0 Å². The molecule has 42 heavy (non-hydrogen) atoms. The molecule has 2 aromatic rings. The van der Waals surface area contributed by atoms with Crippen LogP contribution in [-0.4, -0.2) is 85.0 Å². The van der Waals surface area contributed by atoms with E-state index in [1.54, 1.807) is 38.4 Å². The van der Waals surface area contributed by atoms with E-state index in [-0.39, 0.29) is 37.6 Å². The SMILES string of the molecule is CN(C)C(=O)C(Cc1ccc(C(=N)N)cc1)C(=O)N(C)C(Cc1ccccc1)C(=O)N[C@@H](CCCN=C(N)N)C(N)=O. The molecule has 3 atom stereocenters. The maximum atomic E-state index is 13.9. The molecule has 226 valence electrons. The Morgan fingerprint density at radius 2 is 1.45 bits per heavy atom. The minimum Gasteiger partial charge on any atom is -0.384 e. The van der Waals surface area contributed by atoms with Gasteiger partial charge in [0.15, 0.2) is 5.96 Å². The first-order valence-electron chi connectivity index (χ1n) is 13.4. The first-order chi connectivity index (χ1) is 19.8. The standard InChI is InChI=1S/C29H41N9O4/c1-37(2)27(41)21(16-19-11-13-20(14-12-19)24(30)31)28(42)38(3)23(17-18-8-5-4-6-9-18)26(40)36-22(25(32)39)10-7-15-35-29(33)34/h4-6,8-9,11-14,21-23H,7,10,15-17H2,1-3H3,(H3,30,31)(H2,32,39)(H,36,40)(H4,33,34,35)/t21?,22-,23?/m0/s1. The highest BCUT2D eigenvalue weighted by atomic mass is 16.2. The van der Waals surface area contributed by atoms with Crippen molar-refractivity contribution in [3.63, 3.8) is 0 Å². The van der Waals surface area contributed by atoms with Crippen LogP contribution >= 0.6 is 0 Å². The minimum absolute atomic E-state index is 0.0623. The minimum atomic E-state index is -1.13. The number of primary amides is 1. The van der Waals surface area contributed by atoms with Crippen LogP contribution in [0.4, 0.5) is 0 Å². The van der Waals surface area contributed by atoms with Crippen molar-refractivity contribution in [1.82, 2.24) is 15.1 Å². The molecule has 10 N–H and O–H groups in total. The normalized spacial score (nSPS) is 12.7. The summed E-state index contributed by atoms with van der Waals surface area (Å²) < 4.78 is 0. The lowest BCUT2D eigenvalue weighted by atomic mass is 9.94. The lowest BCUT2D eigenvalue weighted by Gasteiger charge is -2.32. The average Bonchev–Trinajstić information content (AvgIpc) is 2.95. The number of amidine groups is 1. The van der Waals surface area contributed by atoms with E-state index < -0.39 is 41.6 Å². The van der Waals surface area contributed by atoms with Gasteiger partial charge in [0.25, 0.3) is 0 Å². The van der Waals surface area contributed by atoms with Crippen LogP contribution in [0.1, 0.15) is 29.5 Å². The molecule has 2 aromatic carbocycles. The van der Waals surface area contributed by atoms with Crippen molar-refractivity contribution in [1.29, 1.82) is 5.41 Å². The van der Waals surface area contributed by atoms with Gasteiger partial charge in [0.2, 0.25) is 23.6 Å². The molecule has 13 heteroatoms. The number of carbonyl (C=O) groups is 4. The van der Waals surface area contributed by atoms with Crippen LogP contribution in [0.5, 0.6) is 0 Å². The number of hydrogen-bond acceptors (Lipinski definition) is 6. The zero-order valence-corrected chi connectivity index (χ0v) is 24.2. The van der Waals surface area contributed by atoms with E-state index in [4.69, 9.17) is 28.3 Å². The zero-order valence-electron chi connectivity index (χ0n) is 24.2. The van der Waals surface area contributed by atoms with Crippen molar-refractivity contribution in [2.24, 2.45) is 33.8 Å². The summed E-state index contributed by atoms with van der Waals surface area (Å²) in [4.78, 5) is 59.4. The third-order valence-corrected chi connectivity index (χ3v) is 6.74. The molecule has 0 heterocycles. The van der Waals surface area contributed by atoms with Gasteiger partial charge in [-0.3, -0.25) is 29.6 Å². The van der Waals surface area contributed by atoms with Gasteiger partial charge in [-0.1, -0.05) is 54.6 Å². The zero-order chi connectivity index (χ0) is 31.4. The average molecular weight is 580 g/mol. The van der Waals surface area contributed by atoms with Crippen LogP contribution in [0.25, 0.3) is 0 Å². The van der Waals surface area contributed by atoms with Gasteiger partial charge < -0.3 is 38.1 Å². The molecule has 0 aliphatic rings. The summed E-state index contributed by atoms with van der Waals surface area (Å²) in [6.45, 7) is 0.246. The molecule has 13 nitrogen and oxygen atoms in total. The number of aliphatic imine (C=N–C) groups is 1. The van der Waals surface area contributed by atoms with E-state index in [1.165, 1.54) is 16.8 Å². The lowest BCUT2D eigenvalue weighted by Crippen LogP contribution is -2.56. The number of nitrogens with two attached hydrogens (primary N) is 4. The van der Waals surface area contributed by atoms with Crippen molar-refractivity contribution in [2.45, 2.75) is 37.8 Å². The molecule has 4 amide bonds. The highest BCUT2D eigenvalue weighted by Gasteiger charge is 2.36. The van der Waals surface area contributed by atoms with Crippen molar-refractivity contribution in [3.05, 3.63) is 71.3 Å². The van der Waals surface area contributed by atoms with E-state index in [1.807, 2.05) is 30.3 Å². The Morgan fingerprint density at radius 3 is 1.98 bits per heavy atom. The molecular formula is C29H41N9O4. The fourth-order valence-corrected chi connectivity index (χ4v) is 4.35. The van der Waals surface area contributed by atoms with E-state index in [0.29, 0.717) is 17.5 Å². The second kappa shape index (κ2) is 15.7. The van der Waals surface area contributed by atoms with Gasteiger partial charge in [0.1, 0.15) is 23.8 Å². The second-order valence-corrected chi connectivity index (χ2v) is 10.2. The molecule has 0 radical (unpaired) electrons. The number of rotatable bonds is 15. The van der Waals surface area contributed by atoms with Crippen LogP contribution in [0, 0.1) is 11.3 Å². The number of nitrogens with one attached hydrogen (secondary N) is 2. The van der Waals surface area contributed by atoms with Gasteiger partial charge in [-0.05, 0) is 30.4 Å². The highest BCUT2D eigenvalue weighted by molar-refractivity contribution is 6.02. The molecule has 2 rings (SSSR count). The molecule has 0 fully saturated rings. The summed E-state index contributed by atoms with van der Waals surface area (Å²) in [5.41, 5.74) is 23.8. The smallest absolute Gasteiger partial charge is 0.243 e. The molecule has 0 bridgehead atoms. The summed E-state index contributed by atoms with van der Waals surface area (Å²) in [6, 6.07) is 13.7. The third-order valence-electron chi connectivity index (χ3n) is 6.74. The summed E-state index contributed by atoms with van der Waals surface area (Å²) in [5, 5.41) is 10.3. The number of nitrogens with zero attached hydrogens (tertiary/aromatic N) is 3. The summed E-state index contributed by atoms with van der Waals surface area (Å²) in [7, 11) is 4.56. The predicted molar refractivity (Wildman–Crippen MR) is 161 cm³/mol. The van der Waals surface area contributed by atoms with Crippen LogP contribution in [0.3, 0.4) is 0 Å². The quantitative estimate of drug-likeness (QED) is 0.0688. The summed E-state index contributed by atoms with van der Waals surface area (Å²) in [5.74, 6) is -3.66. The van der Waals surface area contributed by atoms with Gasteiger partial charge in [0.05, 0.1) is 0 Å². The Kier molecular flexibility index (Phi) is 12.5. The number of carbonyl (C=O) groups excluding carboxylic acids is 4. The number of amides is 4. The summed E-state index contributed by atoms with van der Waals surface area (Å²) >= 11 is 0. The third kappa shape index (κ3) is 9.91. The fraction of sp³-hybridized carbons (Fsp3) is 0.379. The summed E-state index contributed by atoms with van der Waals surface area (Å²) in [6.07, 6.45) is 0.759. The van der Waals surface area contributed by atoms with Crippen molar-refractivity contribution >= 4 is 35.4 Å². The molecule has 0 saturated heterocycles. The first-order valence-corrected chi connectivity index (χ1v) is 13.4. The Hall–Kier alpha value is -4.94. The topological polar surface area (TPSA) is 227 Å². The molecule has 0 aromatic heterocycles. The second-order valence-electron chi connectivity index (χ2n) is 10.2. The Morgan fingerprint density at radius 1 is 0.857 bits per heavy atom. The van der Waals surface area contributed by atoms with Crippen LogP contribution < -0.4 is 28.3 Å². The lowest BCUT2D eigenvalue weighted by molar-refractivity contribution is -0.149. The van der Waals surface area contributed by atoms with Crippen LogP contribution in [0.2, 0.25) is 0 Å². The fourth-order valence-electron chi connectivity index (χ4n) is 4.35. The molecule has 0 aliphatic heterocycles. The Labute approximate surface area is 245 Å². The van der Waals surface area contributed by atoms with Crippen molar-refractivity contribution in [3.8, 4) is 0 Å². The molecule has 0 aliphatic carbocycles. The van der Waals surface area contributed by atoms with E-state index in [2.05, 4.69) is 10.3 Å². The van der Waals surface area contributed by atoms with E-state index in [0.717, 1.165) is 5.56 Å². The Bertz CT molecular complexity index is 1280. The number of likely N-dealkylation sites (N-methyl/N-ethyl adjacent to an activating group) is 1. The predicted octanol–water partition coefficient (Wildman–Crippen LogP) is -0.689. The van der Waals surface area contributed by atoms with Gasteiger partial charge in [-0.15, -0.1) is 0 Å². The van der Waals surface area contributed by atoms with Crippen LogP contribution in [-0.2, 0) is 32.0 Å². The molecule has 0 spiro atoms. The molecule has 0 saturated carbocycles. The molecule has 2 unspecified atom stereocenters. The maximum absolute atomic E-state index is 13.9. The first kappa shape index (κ1) is 33.3. The van der Waals surface area contributed by atoms with Crippen molar-refractivity contribution in [2.75, 3.05) is 27.7 Å². The van der Waals surface area contributed by atoms with Gasteiger partial charge in [0, 0.05) is 39.7 Å². The number of hydrogen-bond donors (Lipinski definition) is 6. The molecular weight excluding hydrogens is 538 g/mol. The van der Waals surface area contributed by atoms with Gasteiger partial charge >= 0.3 is 0 Å². The van der Waals surface area contributed by atoms with E-state index in [9.17, 15) is 19.2 Å². The number of nitrogen functional groups attached to an aromatic ring is 1. The van der Waals surface area contributed by atoms with Gasteiger partial charge in [-0.25, -0.2) is 0 Å².